The lowest BCUT2D eigenvalue weighted by Crippen LogP contribution is -2.25. The molecule has 2 aromatic rings. The fourth-order valence-corrected chi connectivity index (χ4v) is 3.29. The fraction of sp³-hybridized carbons (Fsp3) is 0.333. The van der Waals surface area contributed by atoms with E-state index in [9.17, 15) is 0 Å². The van der Waals surface area contributed by atoms with Crippen molar-refractivity contribution in [3.63, 3.8) is 0 Å². The maximum Gasteiger partial charge on any atom is 0.0438 e. The van der Waals surface area contributed by atoms with Crippen LogP contribution in [0.2, 0.25) is 5.02 Å². The Bertz CT molecular complexity index is 606. The molecule has 0 saturated carbocycles. The lowest BCUT2D eigenvalue weighted by molar-refractivity contribution is 0.664. The summed E-state index contributed by atoms with van der Waals surface area (Å²) < 4.78 is 0. The summed E-state index contributed by atoms with van der Waals surface area (Å²) in [5.41, 5.74) is 11.8. The highest BCUT2D eigenvalue weighted by molar-refractivity contribution is 6.31. The van der Waals surface area contributed by atoms with Gasteiger partial charge in [0.05, 0.1) is 0 Å². The number of hydrogen-bond acceptors (Lipinski definition) is 1. The van der Waals surface area contributed by atoms with Crippen LogP contribution in [0.1, 0.15) is 28.7 Å². The van der Waals surface area contributed by atoms with Gasteiger partial charge in [0.2, 0.25) is 0 Å². The summed E-state index contributed by atoms with van der Waals surface area (Å²) in [6.45, 7) is 0. The van der Waals surface area contributed by atoms with E-state index < -0.39 is 0 Å². The molecule has 0 spiro atoms. The minimum absolute atomic E-state index is 0.120. The molecule has 104 valence electrons. The normalized spacial score (nSPS) is 15.1. The molecule has 0 saturated heterocycles. The van der Waals surface area contributed by atoms with Gasteiger partial charge in [0.1, 0.15) is 0 Å². The Morgan fingerprint density at radius 2 is 1.80 bits per heavy atom. The van der Waals surface area contributed by atoms with Crippen LogP contribution in [0.5, 0.6) is 0 Å². The first-order chi connectivity index (χ1) is 9.72. The zero-order chi connectivity index (χ0) is 13.9. The molecule has 1 aliphatic carbocycles. The van der Waals surface area contributed by atoms with Gasteiger partial charge >= 0.3 is 0 Å². The molecule has 1 unspecified atom stereocenters. The van der Waals surface area contributed by atoms with Crippen LogP contribution in [0.25, 0.3) is 0 Å². The maximum absolute atomic E-state index is 6.29. The maximum atomic E-state index is 6.29. The molecule has 2 aromatic carbocycles. The summed E-state index contributed by atoms with van der Waals surface area (Å²) in [4.78, 5) is 0. The lowest BCUT2D eigenvalue weighted by Gasteiger charge is -2.13. The van der Waals surface area contributed by atoms with Crippen LogP contribution in [0.4, 0.5) is 0 Å². The van der Waals surface area contributed by atoms with Gasteiger partial charge in [-0.2, -0.15) is 0 Å². The first kappa shape index (κ1) is 13.7. The number of halogens is 1. The molecule has 1 nitrogen and oxygen atoms in total. The number of aryl methyl sites for hydroxylation is 2. The second-order valence-electron chi connectivity index (χ2n) is 5.72. The predicted octanol–water partition coefficient (Wildman–Crippen LogP) is 3.94. The van der Waals surface area contributed by atoms with Crippen LogP contribution in [-0.2, 0) is 25.7 Å². The second-order valence-corrected chi connectivity index (χ2v) is 6.12. The van der Waals surface area contributed by atoms with Crippen molar-refractivity contribution in [2.45, 2.75) is 38.1 Å². The Hall–Kier alpha value is -1.31. The number of hydrogen-bond donors (Lipinski definition) is 1. The van der Waals surface area contributed by atoms with Crippen molar-refractivity contribution in [1.82, 2.24) is 0 Å². The largest absolute Gasteiger partial charge is 0.327 e. The van der Waals surface area contributed by atoms with E-state index in [0.29, 0.717) is 0 Å². The quantitative estimate of drug-likeness (QED) is 0.905. The SMILES string of the molecule is NC(Cc1ccc2c(c1)CCC2)Cc1ccccc1Cl. The predicted molar refractivity (Wildman–Crippen MR) is 85.3 cm³/mol. The second kappa shape index (κ2) is 5.99. The molecule has 0 bridgehead atoms. The third kappa shape index (κ3) is 3.05. The van der Waals surface area contributed by atoms with Gasteiger partial charge in [-0.3, -0.25) is 0 Å². The summed E-state index contributed by atoms with van der Waals surface area (Å²) in [6.07, 6.45) is 5.50. The van der Waals surface area contributed by atoms with Crippen molar-refractivity contribution in [2.75, 3.05) is 0 Å². The fourth-order valence-electron chi connectivity index (χ4n) is 3.07. The molecule has 1 atom stereocenters. The lowest BCUT2D eigenvalue weighted by atomic mass is 9.97. The standard InChI is InChI=1S/C18H20ClN/c19-18-7-2-1-4-16(18)12-17(20)11-13-8-9-14-5-3-6-15(14)10-13/h1-2,4,7-10,17H,3,5-6,11-12,20H2. The van der Waals surface area contributed by atoms with Crippen molar-refractivity contribution in [2.24, 2.45) is 5.73 Å². The van der Waals surface area contributed by atoms with E-state index >= 15 is 0 Å². The Labute approximate surface area is 125 Å². The Kier molecular flexibility index (Phi) is 4.09. The molecule has 0 heterocycles. The van der Waals surface area contributed by atoms with Gasteiger partial charge in [-0.25, -0.2) is 0 Å². The molecular weight excluding hydrogens is 266 g/mol. The molecule has 2 N–H and O–H groups in total. The van der Waals surface area contributed by atoms with E-state index in [0.717, 1.165) is 23.4 Å². The highest BCUT2D eigenvalue weighted by atomic mass is 35.5. The van der Waals surface area contributed by atoms with Crippen molar-refractivity contribution in [3.05, 3.63) is 69.7 Å². The third-order valence-electron chi connectivity index (χ3n) is 4.10. The molecule has 0 aromatic heterocycles. The molecule has 20 heavy (non-hydrogen) atoms. The van der Waals surface area contributed by atoms with E-state index in [2.05, 4.69) is 24.3 Å². The first-order valence-corrected chi connectivity index (χ1v) is 7.70. The van der Waals surface area contributed by atoms with Crippen LogP contribution in [0, 0.1) is 0 Å². The zero-order valence-corrected chi connectivity index (χ0v) is 12.4. The van der Waals surface area contributed by atoms with Gasteiger partial charge < -0.3 is 5.73 Å². The van der Waals surface area contributed by atoms with Crippen LogP contribution in [0.15, 0.2) is 42.5 Å². The average molecular weight is 286 g/mol. The number of rotatable bonds is 4. The number of fused-ring (bicyclic) bond motifs is 1. The monoisotopic (exact) mass is 285 g/mol. The molecule has 3 rings (SSSR count). The molecule has 0 radical (unpaired) electrons. The Morgan fingerprint density at radius 1 is 1.00 bits per heavy atom. The molecule has 0 aliphatic heterocycles. The Morgan fingerprint density at radius 3 is 2.65 bits per heavy atom. The molecule has 0 amide bonds. The minimum atomic E-state index is 0.120. The van der Waals surface area contributed by atoms with Crippen molar-refractivity contribution < 1.29 is 0 Å². The summed E-state index contributed by atoms with van der Waals surface area (Å²) in [7, 11) is 0. The highest BCUT2D eigenvalue weighted by Gasteiger charge is 2.13. The zero-order valence-electron chi connectivity index (χ0n) is 11.6. The number of benzene rings is 2. The molecule has 2 heteroatoms. The summed E-state index contributed by atoms with van der Waals surface area (Å²) in [5, 5.41) is 0.817. The van der Waals surface area contributed by atoms with Gasteiger partial charge in [-0.15, -0.1) is 0 Å². The van der Waals surface area contributed by atoms with Crippen molar-refractivity contribution >= 4 is 11.6 Å². The summed E-state index contributed by atoms with van der Waals surface area (Å²) >= 11 is 6.19. The molecule has 0 fully saturated rings. The van der Waals surface area contributed by atoms with Crippen LogP contribution in [0.3, 0.4) is 0 Å². The van der Waals surface area contributed by atoms with Crippen LogP contribution >= 0.6 is 11.6 Å². The van der Waals surface area contributed by atoms with Gasteiger partial charge in [0.25, 0.3) is 0 Å². The summed E-state index contributed by atoms with van der Waals surface area (Å²) in [6, 6.07) is 14.9. The molecular formula is C18H20ClN. The Balaban J connectivity index is 1.67. The topological polar surface area (TPSA) is 26.0 Å². The van der Waals surface area contributed by atoms with E-state index in [1.807, 2.05) is 18.2 Å². The van der Waals surface area contributed by atoms with Gasteiger partial charge in [-0.1, -0.05) is 48.0 Å². The smallest absolute Gasteiger partial charge is 0.0438 e. The molecule has 1 aliphatic rings. The average Bonchev–Trinajstić information content (AvgIpc) is 2.89. The van der Waals surface area contributed by atoms with Crippen LogP contribution in [-0.4, -0.2) is 6.04 Å². The van der Waals surface area contributed by atoms with E-state index in [4.69, 9.17) is 17.3 Å². The van der Waals surface area contributed by atoms with Crippen LogP contribution < -0.4 is 5.73 Å². The summed E-state index contributed by atoms with van der Waals surface area (Å²) in [5.74, 6) is 0. The van der Waals surface area contributed by atoms with Gasteiger partial charge in [-0.05, 0) is 60.4 Å². The van der Waals surface area contributed by atoms with Crippen molar-refractivity contribution in [3.8, 4) is 0 Å². The van der Waals surface area contributed by atoms with E-state index in [1.165, 1.54) is 36.0 Å². The third-order valence-corrected chi connectivity index (χ3v) is 4.47. The van der Waals surface area contributed by atoms with Gasteiger partial charge in [0, 0.05) is 11.1 Å². The first-order valence-electron chi connectivity index (χ1n) is 7.32. The number of nitrogens with two attached hydrogens (primary N) is 1. The van der Waals surface area contributed by atoms with E-state index in [1.54, 1.807) is 0 Å². The highest BCUT2D eigenvalue weighted by Crippen LogP contribution is 2.24. The van der Waals surface area contributed by atoms with E-state index in [-0.39, 0.29) is 6.04 Å². The van der Waals surface area contributed by atoms with Crippen molar-refractivity contribution in [1.29, 1.82) is 0 Å². The minimum Gasteiger partial charge on any atom is -0.327 e. The van der Waals surface area contributed by atoms with Gasteiger partial charge in [0.15, 0.2) is 0 Å².